The normalized spacial score (nSPS) is 20.8. The molecule has 6 unspecified atom stereocenters. The van der Waals surface area contributed by atoms with Crippen LogP contribution in [-0.2, 0) is 38.3 Å². The molecule has 1 fully saturated rings. The third-order valence-corrected chi connectivity index (χ3v) is 10.8. The SMILES string of the molecule is CCCCCCC/C=C\C/C=C\CCCCCCCCCCCCCCOCC(COC1OC(CO)C(O)C(OS(=O)(=O)O)C1O)OC(=O)CCCCCCCC. The van der Waals surface area contributed by atoms with Gasteiger partial charge in [0.2, 0.25) is 0 Å². The first-order valence-corrected chi connectivity index (χ1v) is 24.0. The fourth-order valence-electron chi connectivity index (χ4n) is 6.88. The van der Waals surface area contributed by atoms with Gasteiger partial charge < -0.3 is 34.3 Å². The molecule has 0 spiro atoms. The molecule has 4 N–H and O–H groups in total. The number of aliphatic hydroxyl groups is 3. The number of aliphatic hydroxyl groups excluding tert-OH is 3. The molecule has 0 aromatic heterocycles. The molecule has 0 saturated carbocycles. The quantitative estimate of drug-likeness (QED) is 0.0200. The standard InChI is InChI=1S/C44H82O12S/c1-3-5-7-9-11-12-13-14-15-16-17-18-19-20-21-22-23-24-25-26-27-28-30-32-34-52-36-38(54-40(46)33-31-29-10-8-6-4-2)37-53-44-42(48)43(56-57(49,50)51)41(47)39(35-45)55-44/h13-14,16-17,38-39,41-45,47-48H,3-12,15,18-37H2,1-2H3,(H,49,50,51)/b14-13-,17-16-. The van der Waals surface area contributed by atoms with Crippen molar-refractivity contribution in [3.8, 4) is 0 Å². The van der Waals surface area contributed by atoms with Crippen LogP contribution in [0.2, 0.25) is 0 Å². The molecule has 0 aliphatic carbocycles. The number of carbonyl (C=O) groups is 1. The Morgan fingerprint density at radius 1 is 0.667 bits per heavy atom. The Morgan fingerprint density at radius 3 is 1.67 bits per heavy atom. The van der Waals surface area contributed by atoms with Crippen LogP contribution in [0.1, 0.15) is 187 Å². The van der Waals surface area contributed by atoms with E-state index in [1.807, 2.05) is 0 Å². The lowest BCUT2D eigenvalue weighted by Crippen LogP contribution is -2.60. The Labute approximate surface area is 346 Å². The van der Waals surface area contributed by atoms with Crippen LogP contribution in [0.25, 0.3) is 0 Å². The molecular weight excluding hydrogens is 753 g/mol. The molecule has 1 rings (SSSR count). The summed E-state index contributed by atoms with van der Waals surface area (Å²) in [5.41, 5.74) is 0. The fourth-order valence-corrected chi connectivity index (χ4v) is 7.39. The highest BCUT2D eigenvalue weighted by atomic mass is 32.3. The zero-order valence-corrected chi connectivity index (χ0v) is 36.5. The van der Waals surface area contributed by atoms with E-state index in [9.17, 15) is 28.5 Å². The van der Waals surface area contributed by atoms with Crippen LogP contribution in [0.4, 0.5) is 0 Å². The molecule has 0 amide bonds. The van der Waals surface area contributed by atoms with Crippen molar-refractivity contribution >= 4 is 16.4 Å². The third-order valence-electron chi connectivity index (χ3n) is 10.3. The highest BCUT2D eigenvalue weighted by Crippen LogP contribution is 2.26. The largest absolute Gasteiger partial charge is 0.457 e. The summed E-state index contributed by atoms with van der Waals surface area (Å²) in [5.74, 6) is -0.408. The summed E-state index contributed by atoms with van der Waals surface area (Å²) in [5, 5.41) is 30.5. The number of esters is 1. The average Bonchev–Trinajstić information content (AvgIpc) is 3.18. The Balaban J connectivity index is 2.25. The van der Waals surface area contributed by atoms with Gasteiger partial charge in [-0.3, -0.25) is 9.35 Å². The van der Waals surface area contributed by atoms with Gasteiger partial charge in [-0.25, -0.2) is 4.18 Å². The number of hydrogen-bond donors (Lipinski definition) is 4. The van der Waals surface area contributed by atoms with Gasteiger partial charge >= 0.3 is 16.4 Å². The first kappa shape index (κ1) is 53.6. The van der Waals surface area contributed by atoms with Crippen LogP contribution in [0.3, 0.4) is 0 Å². The minimum absolute atomic E-state index is 0.0374. The van der Waals surface area contributed by atoms with E-state index >= 15 is 0 Å². The van der Waals surface area contributed by atoms with E-state index in [1.165, 1.54) is 103 Å². The van der Waals surface area contributed by atoms with E-state index in [0.29, 0.717) is 13.0 Å². The summed E-state index contributed by atoms with van der Waals surface area (Å²) in [6, 6.07) is 0. The molecule has 1 aliphatic rings. The van der Waals surface area contributed by atoms with Gasteiger partial charge in [0.1, 0.15) is 30.5 Å². The Bertz CT molecular complexity index is 1100. The number of ether oxygens (including phenoxy) is 4. The van der Waals surface area contributed by atoms with Crippen LogP contribution >= 0.6 is 0 Å². The molecule has 1 saturated heterocycles. The molecule has 6 atom stereocenters. The van der Waals surface area contributed by atoms with Gasteiger partial charge in [-0.05, 0) is 44.9 Å². The Kier molecular flexibility index (Phi) is 34.3. The van der Waals surface area contributed by atoms with Crippen molar-refractivity contribution in [3.63, 3.8) is 0 Å². The summed E-state index contributed by atoms with van der Waals surface area (Å²) < 4.78 is 58.7. The van der Waals surface area contributed by atoms with Crippen molar-refractivity contribution in [1.82, 2.24) is 0 Å². The fraction of sp³-hybridized carbons (Fsp3) is 0.886. The van der Waals surface area contributed by atoms with E-state index < -0.39 is 59.8 Å². The predicted molar refractivity (Wildman–Crippen MR) is 225 cm³/mol. The highest BCUT2D eigenvalue weighted by Gasteiger charge is 2.48. The number of allylic oxidation sites excluding steroid dienone is 4. The maximum absolute atomic E-state index is 12.7. The summed E-state index contributed by atoms with van der Waals surface area (Å²) in [4.78, 5) is 12.7. The lowest BCUT2D eigenvalue weighted by molar-refractivity contribution is -0.301. The smallest absolute Gasteiger partial charge is 0.397 e. The van der Waals surface area contributed by atoms with Gasteiger partial charge in [0.25, 0.3) is 0 Å². The molecule has 57 heavy (non-hydrogen) atoms. The lowest BCUT2D eigenvalue weighted by Gasteiger charge is -2.41. The molecule has 0 radical (unpaired) electrons. The van der Waals surface area contributed by atoms with Crippen LogP contribution in [0.15, 0.2) is 24.3 Å². The van der Waals surface area contributed by atoms with Crippen molar-refractivity contribution in [3.05, 3.63) is 24.3 Å². The molecular formula is C44H82O12S. The number of rotatable bonds is 39. The summed E-state index contributed by atoms with van der Waals surface area (Å²) >= 11 is 0. The summed E-state index contributed by atoms with van der Waals surface area (Å²) in [6.45, 7) is 3.91. The van der Waals surface area contributed by atoms with Crippen LogP contribution in [0.5, 0.6) is 0 Å². The molecule has 1 aliphatic heterocycles. The predicted octanol–water partition coefficient (Wildman–Crippen LogP) is 9.24. The maximum Gasteiger partial charge on any atom is 0.397 e. The Hall–Kier alpha value is -1.42. The molecule has 0 aromatic rings. The van der Waals surface area contributed by atoms with E-state index in [1.54, 1.807) is 0 Å². The molecule has 0 aromatic carbocycles. The number of carbonyl (C=O) groups excluding carboxylic acids is 1. The topological polar surface area (TPSA) is 178 Å². The minimum Gasteiger partial charge on any atom is -0.457 e. The molecule has 12 nitrogen and oxygen atoms in total. The van der Waals surface area contributed by atoms with Crippen molar-refractivity contribution in [1.29, 1.82) is 0 Å². The van der Waals surface area contributed by atoms with Gasteiger partial charge in [-0.1, -0.05) is 160 Å². The van der Waals surface area contributed by atoms with Crippen LogP contribution in [-0.4, -0.2) is 97.5 Å². The van der Waals surface area contributed by atoms with Crippen molar-refractivity contribution in [2.75, 3.05) is 26.4 Å². The van der Waals surface area contributed by atoms with E-state index in [4.69, 9.17) is 23.5 Å². The van der Waals surface area contributed by atoms with Gasteiger partial charge in [0.05, 0.1) is 19.8 Å². The third kappa shape index (κ3) is 30.3. The molecule has 1 heterocycles. The maximum atomic E-state index is 12.7. The number of hydrogen-bond acceptors (Lipinski definition) is 11. The van der Waals surface area contributed by atoms with Crippen molar-refractivity contribution in [2.45, 2.75) is 224 Å². The summed E-state index contributed by atoms with van der Waals surface area (Å²) in [7, 11) is -5.05. The summed E-state index contributed by atoms with van der Waals surface area (Å²) in [6.07, 6.45) is 31.2. The first-order chi connectivity index (χ1) is 27.6. The van der Waals surface area contributed by atoms with Gasteiger partial charge in [0, 0.05) is 13.0 Å². The zero-order valence-electron chi connectivity index (χ0n) is 35.7. The zero-order chi connectivity index (χ0) is 41.8. The molecule has 13 heteroatoms. The minimum atomic E-state index is -5.05. The van der Waals surface area contributed by atoms with Gasteiger partial charge in [-0.15, -0.1) is 0 Å². The number of unbranched alkanes of at least 4 members (excludes halogenated alkanes) is 22. The highest BCUT2D eigenvalue weighted by molar-refractivity contribution is 7.80. The molecule has 0 bridgehead atoms. The lowest BCUT2D eigenvalue weighted by atomic mass is 9.99. The van der Waals surface area contributed by atoms with Crippen molar-refractivity contribution < 1.29 is 56.2 Å². The Morgan fingerprint density at radius 2 is 1.16 bits per heavy atom. The average molecular weight is 835 g/mol. The van der Waals surface area contributed by atoms with E-state index in [-0.39, 0.29) is 19.6 Å². The second-order valence-electron chi connectivity index (χ2n) is 15.6. The first-order valence-electron chi connectivity index (χ1n) is 22.6. The van der Waals surface area contributed by atoms with E-state index in [0.717, 1.165) is 57.8 Å². The van der Waals surface area contributed by atoms with Gasteiger partial charge in [0.15, 0.2) is 6.29 Å². The van der Waals surface area contributed by atoms with Crippen LogP contribution < -0.4 is 0 Å². The second-order valence-corrected chi connectivity index (χ2v) is 16.7. The van der Waals surface area contributed by atoms with Crippen molar-refractivity contribution in [2.24, 2.45) is 0 Å². The van der Waals surface area contributed by atoms with Crippen LogP contribution in [0, 0.1) is 0 Å². The second kappa shape index (κ2) is 36.4. The van der Waals surface area contributed by atoms with Gasteiger partial charge in [-0.2, -0.15) is 8.42 Å². The monoisotopic (exact) mass is 835 g/mol. The molecule has 336 valence electrons. The van der Waals surface area contributed by atoms with E-state index in [2.05, 4.69) is 42.3 Å².